The van der Waals surface area contributed by atoms with Crippen LogP contribution in [0.25, 0.3) is 0 Å². The number of fused-ring (bicyclic) bond motifs is 1. The molecule has 0 spiro atoms. The van der Waals surface area contributed by atoms with Crippen molar-refractivity contribution in [1.82, 2.24) is 0 Å². The minimum atomic E-state index is -0.192. The summed E-state index contributed by atoms with van der Waals surface area (Å²) in [5, 5.41) is 6.61. The standard InChI is InChI=1S/C22H19IN2O2S/c23-15-10-12-16(13-11-15)24-21(27)19-17-8-4-5-9-18(17)28-22(19)25-20(26)14-6-2-1-3-7-14/h1-3,6-7,10-13H,4-5,8-9H2,(H,24,27)(H,25,26). The van der Waals surface area contributed by atoms with Crippen molar-refractivity contribution in [3.05, 3.63) is 79.7 Å². The largest absolute Gasteiger partial charge is 0.322 e. The number of carbonyl (C=O) groups is 2. The van der Waals surface area contributed by atoms with E-state index in [-0.39, 0.29) is 11.8 Å². The molecule has 1 aliphatic rings. The lowest BCUT2D eigenvalue weighted by molar-refractivity contribution is 0.102. The van der Waals surface area contributed by atoms with E-state index in [4.69, 9.17) is 0 Å². The molecule has 0 atom stereocenters. The Balaban J connectivity index is 1.65. The molecular formula is C22H19IN2O2S. The van der Waals surface area contributed by atoms with Gasteiger partial charge in [-0.25, -0.2) is 0 Å². The molecule has 2 amide bonds. The Bertz CT molecular complexity index is 1010. The molecule has 0 saturated heterocycles. The average Bonchev–Trinajstić information content (AvgIpc) is 3.08. The summed E-state index contributed by atoms with van der Waals surface area (Å²) in [4.78, 5) is 27.0. The van der Waals surface area contributed by atoms with E-state index in [2.05, 4.69) is 33.2 Å². The second-order valence-corrected chi connectivity index (χ2v) is 9.05. The molecule has 142 valence electrons. The molecule has 0 radical (unpaired) electrons. The molecule has 1 aliphatic carbocycles. The zero-order valence-corrected chi connectivity index (χ0v) is 18.1. The molecule has 4 rings (SSSR count). The first-order chi connectivity index (χ1) is 13.6. The molecule has 3 aromatic rings. The van der Waals surface area contributed by atoms with E-state index in [0.29, 0.717) is 16.1 Å². The van der Waals surface area contributed by atoms with Gasteiger partial charge in [0.1, 0.15) is 5.00 Å². The molecule has 0 saturated carbocycles. The van der Waals surface area contributed by atoms with Crippen molar-refractivity contribution in [2.75, 3.05) is 10.6 Å². The van der Waals surface area contributed by atoms with Crippen LogP contribution in [0.2, 0.25) is 0 Å². The van der Waals surface area contributed by atoms with Gasteiger partial charge < -0.3 is 10.6 Å². The summed E-state index contributed by atoms with van der Waals surface area (Å²) >= 11 is 3.77. The van der Waals surface area contributed by atoms with Gasteiger partial charge in [0.2, 0.25) is 0 Å². The molecule has 0 unspecified atom stereocenters. The fourth-order valence-corrected chi connectivity index (χ4v) is 5.03. The molecular weight excluding hydrogens is 483 g/mol. The Labute approximate surface area is 181 Å². The van der Waals surface area contributed by atoms with Crippen LogP contribution in [0.15, 0.2) is 54.6 Å². The van der Waals surface area contributed by atoms with Crippen LogP contribution in [0.4, 0.5) is 10.7 Å². The second-order valence-electron chi connectivity index (χ2n) is 6.70. The van der Waals surface area contributed by atoms with Crippen LogP contribution in [0.1, 0.15) is 44.0 Å². The normalized spacial score (nSPS) is 12.9. The Morgan fingerprint density at radius 1 is 0.857 bits per heavy atom. The maximum atomic E-state index is 13.1. The summed E-state index contributed by atoms with van der Waals surface area (Å²) in [6.07, 6.45) is 4.03. The number of thiophene rings is 1. The van der Waals surface area contributed by atoms with E-state index < -0.39 is 0 Å². The highest BCUT2D eigenvalue weighted by molar-refractivity contribution is 14.1. The van der Waals surface area contributed by atoms with Crippen molar-refractivity contribution in [3.63, 3.8) is 0 Å². The maximum Gasteiger partial charge on any atom is 0.258 e. The molecule has 1 heterocycles. The zero-order chi connectivity index (χ0) is 19.5. The number of hydrogen-bond acceptors (Lipinski definition) is 3. The number of halogens is 1. The van der Waals surface area contributed by atoms with Crippen molar-refractivity contribution in [1.29, 1.82) is 0 Å². The molecule has 4 nitrogen and oxygen atoms in total. The maximum absolute atomic E-state index is 13.1. The van der Waals surface area contributed by atoms with Crippen molar-refractivity contribution < 1.29 is 9.59 Å². The van der Waals surface area contributed by atoms with E-state index in [1.165, 1.54) is 16.2 Å². The smallest absolute Gasteiger partial charge is 0.258 e. The third kappa shape index (κ3) is 4.12. The lowest BCUT2D eigenvalue weighted by Crippen LogP contribution is -2.18. The van der Waals surface area contributed by atoms with Gasteiger partial charge in [-0.15, -0.1) is 11.3 Å². The van der Waals surface area contributed by atoms with Gasteiger partial charge in [0.05, 0.1) is 5.56 Å². The predicted octanol–water partition coefficient (Wildman–Crippen LogP) is 5.74. The zero-order valence-electron chi connectivity index (χ0n) is 15.1. The summed E-state index contributed by atoms with van der Waals surface area (Å²) in [6.45, 7) is 0. The van der Waals surface area contributed by atoms with Gasteiger partial charge in [-0.2, -0.15) is 0 Å². The van der Waals surface area contributed by atoms with E-state index in [1.54, 1.807) is 12.1 Å². The van der Waals surface area contributed by atoms with Crippen LogP contribution >= 0.6 is 33.9 Å². The Morgan fingerprint density at radius 3 is 2.32 bits per heavy atom. The van der Waals surface area contributed by atoms with Gasteiger partial charge in [0.15, 0.2) is 0 Å². The number of nitrogens with one attached hydrogen (secondary N) is 2. The number of aryl methyl sites for hydroxylation is 1. The number of benzene rings is 2. The monoisotopic (exact) mass is 502 g/mol. The van der Waals surface area contributed by atoms with E-state index in [9.17, 15) is 9.59 Å². The Morgan fingerprint density at radius 2 is 1.57 bits per heavy atom. The van der Waals surface area contributed by atoms with Crippen LogP contribution in [-0.4, -0.2) is 11.8 Å². The quantitative estimate of drug-likeness (QED) is 0.448. The van der Waals surface area contributed by atoms with Crippen LogP contribution in [0.5, 0.6) is 0 Å². The highest BCUT2D eigenvalue weighted by Crippen LogP contribution is 2.38. The predicted molar refractivity (Wildman–Crippen MR) is 122 cm³/mol. The van der Waals surface area contributed by atoms with Crippen molar-refractivity contribution in [2.45, 2.75) is 25.7 Å². The third-order valence-corrected chi connectivity index (χ3v) is 6.69. The summed E-state index contributed by atoms with van der Waals surface area (Å²) in [5.74, 6) is -0.355. The van der Waals surface area contributed by atoms with Gasteiger partial charge >= 0.3 is 0 Å². The van der Waals surface area contributed by atoms with Crippen LogP contribution < -0.4 is 10.6 Å². The van der Waals surface area contributed by atoms with Crippen molar-refractivity contribution in [2.24, 2.45) is 0 Å². The highest BCUT2D eigenvalue weighted by Gasteiger charge is 2.26. The van der Waals surface area contributed by atoms with E-state index >= 15 is 0 Å². The van der Waals surface area contributed by atoms with Crippen LogP contribution in [0, 0.1) is 3.57 Å². The van der Waals surface area contributed by atoms with Gasteiger partial charge in [-0.05, 0) is 90.2 Å². The molecule has 0 aliphatic heterocycles. The molecule has 28 heavy (non-hydrogen) atoms. The summed E-state index contributed by atoms with van der Waals surface area (Å²) < 4.78 is 1.11. The van der Waals surface area contributed by atoms with E-state index in [1.807, 2.05) is 42.5 Å². The number of rotatable bonds is 4. The summed E-state index contributed by atoms with van der Waals surface area (Å²) in [6, 6.07) is 16.8. The molecule has 2 N–H and O–H groups in total. The number of carbonyl (C=O) groups excluding carboxylic acids is 2. The second kappa shape index (κ2) is 8.45. The summed E-state index contributed by atoms with van der Waals surface area (Å²) in [7, 11) is 0. The minimum absolute atomic E-state index is 0.163. The van der Waals surface area contributed by atoms with Crippen LogP contribution in [-0.2, 0) is 12.8 Å². The van der Waals surface area contributed by atoms with Crippen molar-refractivity contribution >= 4 is 56.4 Å². The summed E-state index contributed by atoms with van der Waals surface area (Å²) in [5.41, 5.74) is 3.03. The third-order valence-electron chi connectivity index (χ3n) is 4.76. The van der Waals surface area contributed by atoms with Gasteiger partial charge in [0.25, 0.3) is 11.8 Å². The first-order valence-electron chi connectivity index (χ1n) is 9.19. The highest BCUT2D eigenvalue weighted by atomic mass is 127. The van der Waals surface area contributed by atoms with Gasteiger partial charge in [-0.1, -0.05) is 18.2 Å². The average molecular weight is 502 g/mol. The van der Waals surface area contributed by atoms with Crippen molar-refractivity contribution in [3.8, 4) is 0 Å². The lowest BCUT2D eigenvalue weighted by atomic mass is 9.95. The molecule has 2 aromatic carbocycles. The Kier molecular flexibility index (Phi) is 5.77. The number of hydrogen-bond donors (Lipinski definition) is 2. The first kappa shape index (κ1) is 19.1. The minimum Gasteiger partial charge on any atom is -0.322 e. The number of anilines is 2. The number of amides is 2. The fourth-order valence-electron chi connectivity index (χ4n) is 3.39. The molecule has 1 aromatic heterocycles. The molecule has 0 fully saturated rings. The van der Waals surface area contributed by atoms with E-state index in [0.717, 1.165) is 40.5 Å². The lowest BCUT2D eigenvalue weighted by Gasteiger charge is -2.13. The topological polar surface area (TPSA) is 58.2 Å². The SMILES string of the molecule is O=C(Nc1sc2c(c1C(=O)Nc1ccc(I)cc1)CCCC2)c1ccccc1. The fraction of sp³-hybridized carbons (Fsp3) is 0.182. The molecule has 0 bridgehead atoms. The van der Waals surface area contributed by atoms with Gasteiger partial charge in [-0.3, -0.25) is 9.59 Å². The first-order valence-corrected chi connectivity index (χ1v) is 11.1. The van der Waals surface area contributed by atoms with Crippen LogP contribution in [0.3, 0.4) is 0 Å². The van der Waals surface area contributed by atoms with Gasteiger partial charge in [0, 0.05) is 19.7 Å². The Hall–Kier alpha value is -2.19. The molecule has 6 heteroatoms.